The molecule has 1 aliphatic rings. The molecule has 2 aromatic heterocycles. The van der Waals surface area contributed by atoms with Crippen LogP contribution in [0, 0.1) is 5.82 Å². The van der Waals surface area contributed by atoms with Gasteiger partial charge in [-0.15, -0.1) is 11.8 Å². The number of allylic oxidation sites excluding steroid dienone is 1. The van der Waals surface area contributed by atoms with Crippen molar-refractivity contribution in [1.29, 1.82) is 0 Å². The van der Waals surface area contributed by atoms with Crippen LogP contribution in [0.25, 0.3) is 6.20 Å². The van der Waals surface area contributed by atoms with Gasteiger partial charge in [0.1, 0.15) is 5.69 Å². The van der Waals surface area contributed by atoms with Crippen LogP contribution in [0.1, 0.15) is 21.6 Å². The number of halogens is 1. The highest BCUT2D eigenvalue weighted by Crippen LogP contribution is 2.30. The molecule has 182 valence electrons. The largest absolute Gasteiger partial charge is 0.494 e. The predicted octanol–water partition coefficient (Wildman–Crippen LogP) is 3.44. The number of amides is 1. The number of rotatable bonds is 9. The summed E-state index contributed by atoms with van der Waals surface area (Å²) in [7, 11) is 2.93. The molecule has 3 heterocycles. The number of hydrogen-bond donors (Lipinski definition) is 1. The third-order valence-electron chi connectivity index (χ3n) is 5.32. The first kappa shape index (κ1) is 24.5. The molecule has 1 aromatic carbocycles. The Kier molecular flexibility index (Phi) is 7.84. The molecule has 0 atom stereocenters. The second kappa shape index (κ2) is 11.2. The summed E-state index contributed by atoms with van der Waals surface area (Å²) in [5, 5.41) is 7.27. The zero-order chi connectivity index (χ0) is 24.8. The maximum atomic E-state index is 14.4. The number of hydrogen-bond acceptors (Lipinski definition) is 6. The average Bonchev–Trinajstić information content (AvgIpc) is 3.46. The molecule has 1 aliphatic heterocycles. The minimum absolute atomic E-state index is 0.00821. The predicted molar refractivity (Wildman–Crippen MR) is 133 cm³/mol. The number of pyridine rings is 1. The van der Waals surface area contributed by atoms with E-state index in [0.717, 1.165) is 16.2 Å². The number of nitrogens with one attached hydrogen (secondary N) is 1. The molecular formula is C25H25FN4O4S. The lowest BCUT2D eigenvalue weighted by atomic mass is 10.2. The molecule has 0 spiro atoms. The van der Waals surface area contributed by atoms with Gasteiger partial charge in [0, 0.05) is 54.5 Å². The van der Waals surface area contributed by atoms with Gasteiger partial charge in [-0.1, -0.05) is 18.2 Å². The standard InChI is InChI=1S/C25H25FN4O4S/c1-33-15-21-20(25(32)27-11-18-6-5-7-22(34-2)24(18)26)14-30(28-21)12-17-10-19(35-16-17)13-29-9-4-3-8-23(29)31/h3-10,13-14H,11-12,15-16H2,1-2H3,(H,27,32). The Hall–Kier alpha value is -3.63. The van der Waals surface area contributed by atoms with Crippen LogP contribution in [0.5, 0.6) is 5.75 Å². The van der Waals surface area contributed by atoms with E-state index in [0.29, 0.717) is 23.4 Å². The van der Waals surface area contributed by atoms with Crippen molar-refractivity contribution in [3.8, 4) is 5.75 Å². The average molecular weight is 497 g/mol. The molecule has 10 heteroatoms. The highest BCUT2D eigenvalue weighted by Gasteiger charge is 2.19. The minimum Gasteiger partial charge on any atom is -0.494 e. The summed E-state index contributed by atoms with van der Waals surface area (Å²) in [6, 6.07) is 9.81. The summed E-state index contributed by atoms with van der Waals surface area (Å²) in [4.78, 5) is 25.8. The number of nitrogens with zero attached hydrogens (tertiary/aromatic N) is 3. The second-order valence-electron chi connectivity index (χ2n) is 7.80. The molecule has 0 saturated carbocycles. The quantitative estimate of drug-likeness (QED) is 0.488. The summed E-state index contributed by atoms with van der Waals surface area (Å²) in [6.07, 6.45) is 7.21. The number of ether oxygens (including phenoxy) is 2. The van der Waals surface area contributed by atoms with Gasteiger partial charge in [-0.25, -0.2) is 4.39 Å². The third kappa shape index (κ3) is 5.90. The first-order chi connectivity index (χ1) is 17.0. The van der Waals surface area contributed by atoms with Crippen LogP contribution in [-0.4, -0.2) is 40.2 Å². The van der Waals surface area contributed by atoms with Crippen molar-refractivity contribution < 1.29 is 18.7 Å². The van der Waals surface area contributed by atoms with E-state index in [9.17, 15) is 14.0 Å². The zero-order valence-corrected chi connectivity index (χ0v) is 20.2. The van der Waals surface area contributed by atoms with Gasteiger partial charge in [-0.3, -0.25) is 18.8 Å². The van der Waals surface area contributed by atoms with Crippen molar-refractivity contribution in [2.45, 2.75) is 19.7 Å². The number of carbonyl (C=O) groups excluding carboxylic acids is 1. The topological polar surface area (TPSA) is 87.4 Å². The number of carbonyl (C=O) groups is 1. The smallest absolute Gasteiger partial charge is 0.255 e. The summed E-state index contributed by atoms with van der Waals surface area (Å²) in [5.41, 5.74) is 2.19. The maximum Gasteiger partial charge on any atom is 0.255 e. The lowest BCUT2D eigenvalue weighted by Crippen LogP contribution is -2.24. The number of methoxy groups -OCH3 is 2. The van der Waals surface area contributed by atoms with E-state index in [2.05, 4.69) is 10.4 Å². The highest BCUT2D eigenvalue weighted by atomic mass is 32.2. The number of thioether (sulfide) groups is 1. The zero-order valence-electron chi connectivity index (χ0n) is 19.4. The van der Waals surface area contributed by atoms with Crippen molar-refractivity contribution in [2.75, 3.05) is 20.0 Å². The van der Waals surface area contributed by atoms with Crippen LogP contribution in [-0.2, 0) is 24.4 Å². The fraction of sp³-hybridized carbons (Fsp3) is 0.240. The summed E-state index contributed by atoms with van der Waals surface area (Å²) in [5.74, 6) is 0.00133. The Labute approximate surface area is 206 Å². The molecule has 1 amide bonds. The fourth-order valence-electron chi connectivity index (χ4n) is 3.61. The number of benzene rings is 1. The van der Waals surface area contributed by atoms with Crippen LogP contribution in [0.2, 0.25) is 0 Å². The van der Waals surface area contributed by atoms with Gasteiger partial charge in [-0.2, -0.15) is 5.10 Å². The normalized spacial score (nSPS) is 14.3. The SMILES string of the molecule is COCc1nn(CC2=CC(=Cn3ccccc3=O)SC2)cc1C(=O)NCc1cccc(OC)c1F. The van der Waals surface area contributed by atoms with Gasteiger partial charge in [-0.05, 0) is 23.8 Å². The van der Waals surface area contributed by atoms with E-state index in [4.69, 9.17) is 9.47 Å². The van der Waals surface area contributed by atoms with E-state index in [1.807, 2.05) is 6.08 Å². The van der Waals surface area contributed by atoms with Crippen LogP contribution < -0.4 is 15.6 Å². The van der Waals surface area contributed by atoms with Gasteiger partial charge >= 0.3 is 0 Å². The molecule has 0 aliphatic carbocycles. The molecule has 1 N–H and O–H groups in total. The van der Waals surface area contributed by atoms with Crippen molar-refractivity contribution in [1.82, 2.24) is 19.7 Å². The van der Waals surface area contributed by atoms with Gasteiger partial charge in [0.05, 0.1) is 25.8 Å². The van der Waals surface area contributed by atoms with Crippen molar-refractivity contribution in [3.63, 3.8) is 0 Å². The fourth-order valence-corrected chi connectivity index (χ4v) is 4.58. The molecule has 0 fully saturated rings. The monoisotopic (exact) mass is 496 g/mol. The molecule has 4 rings (SSSR count). The second-order valence-corrected chi connectivity index (χ2v) is 8.85. The molecule has 35 heavy (non-hydrogen) atoms. The Morgan fingerprint density at radius 2 is 2.11 bits per heavy atom. The van der Waals surface area contributed by atoms with Gasteiger partial charge in [0.25, 0.3) is 11.5 Å². The lowest BCUT2D eigenvalue weighted by Gasteiger charge is -2.09. The molecule has 0 unspecified atom stereocenters. The van der Waals surface area contributed by atoms with E-state index >= 15 is 0 Å². The summed E-state index contributed by atoms with van der Waals surface area (Å²) < 4.78 is 27.9. The third-order valence-corrected chi connectivity index (χ3v) is 6.39. The van der Waals surface area contributed by atoms with Crippen molar-refractivity contribution in [3.05, 3.63) is 98.3 Å². The summed E-state index contributed by atoms with van der Waals surface area (Å²) in [6.45, 7) is 0.663. The van der Waals surface area contributed by atoms with Crippen molar-refractivity contribution in [2.24, 2.45) is 0 Å². The Morgan fingerprint density at radius 3 is 2.89 bits per heavy atom. The first-order valence-corrected chi connectivity index (χ1v) is 11.8. The Balaban J connectivity index is 1.47. The van der Waals surface area contributed by atoms with E-state index in [1.54, 1.807) is 63.9 Å². The molecule has 0 saturated heterocycles. The number of aromatic nitrogens is 3. The Bertz CT molecular complexity index is 1350. The van der Waals surface area contributed by atoms with Gasteiger partial charge < -0.3 is 14.8 Å². The van der Waals surface area contributed by atoms with Crippen LogP contribution in [0.4, 0.5) is 4.39 Å². The van der Waals surface area contributed by atoms with Gasteiger partial charge in [0.15, 0.2) is 11.6 Å². The first-order valence-electron chi connectivity index (χ1n) is 10.8. The van der Waals surface area contributed by atoms with Crippen LogP contribution in [0.15, 0.2) is 70.1 Å². The minimum atomic E-state index is -0.504. The Morgan fingerprint density at radius 1 is 1.26 bits per heavy atom. The van der Waals surface area contributed by atoms with Crippen LogP contribution >= 0.6 is 11.8 Å². The highest BCUT2D eigenvalue weighted by molar-refractivity contribution is 8.03. The van der Waals surface area contributed by atoms with Gasteiger partial charge in [0.2, 0.25) is 0 Å². The van der Waals surface area contributed by atoms with Crippen molar-refractivity contribution >= 4 is 23.9 Å². The summed E-state index contributed by atoms with van der Waals surface area (Å²) >= 11 is 1.63. The lowest BCUT2D eigenvalue weighted by molar-refractivity contribution is 0.0945. The van der Waals surface area contributed by atoms with E-state index in [1.165, 1.54) is 26.4 Å². The van der Waals surface area contributed by atoms with E-state index in [-0.39, 0.29) is 30.4 Å². The molecule has 0 radical (unpaired) electrons. The molecule has 8 nitrogen and oxygen atoms in total. The molecular weight excluding hydrogens is 471 g/mol. The molecule has 3 aromatic rings. The van der Waals surface area contributed by atoms with E-state index < -0.39 is 5.82 Å². The molecule has 0 bridgehead atoms. The maximum absolute atomic E-state index is 14.4. The van der Waals surface area contributed by atoms with Crippen LogP contribution in [0.3, 0.4) is 0 Å².